The first kappa shape index (κ1) is 15.6. The van der Waals surface area contributed by atoms with Crippen LogP contribution in [0.1, 0.15) is 0 Å². The first-order valence-electron chi connectivity index (χ1n) is 6.51. The number of methoxy groups -OCH3 is 2. The number of fused-ring (bicyclic) bond motifs is 6. The highest BCUT2D eigenvalue weighted by Gasteiger charge is 2.89. The van der Waals surface area contributed by atoms with E-state index in [1.165, 1.54) is 14.2 Å². The molecule has 3 fully saturated rings. The molecule has 0 N–H and O–H groups in total. The van der Waals surface area contributed by atoms with Gasteiger partial charge in [-0.15, -0.1) is 23.2 Å². The summed E-state index contributed by atoms with van der Waals surface area (Å²) in [7, 11) is 2.64. The number of ketones is 2. The van der Waals surface area contributed by atoms with Gasteiger partial charge in [0.1, 0.15) is 9.75 Å². The maximum Gasteiger partial charge on any atom is 0.218 e. The Labute approximate surface area is 145 Å². The number of rotatable bonds is 2. The van der Waals surface area contributed by atoms with E-state index in [9.17, 15) is 9.59 Å². The Balaban J connectivity index is 2.04. The topological polar surface area (TPSA) is 65.1 Å². The van der Waals surface area contributed by atoms with Crippen LogP contribution in [0.25, 0.3) is 0 Å². The number of hydrogen-bond acceptors (Lipinski definition) is 5. The second-order valence-corrected chi connectivity index (χ2v) is 7.76. The summed E-state index contributed by atoms with van der Waals surface area (Å²) in [6, 6.07) is 0. The zero-order valence-electron chi connectivity index (χ0n) is 11.4. The van der Waals surface area contributed by atoms with E-state index in [2.05, 4.69) is 0 Å². The van der Waals surface area contributed by atoms with Crippen LogP contribution in [0.5, 0.6) is 0 Å². The normalized spacial score (nSPS) is 51.2. The standard InChI is InChI=1S/C13H10Cl4O5/c1-20-13(21-2)11(16)3-4(12(13,17)10(15)9(11)14)6(19)8-7(22-8)5(3)18/h3-4,7-8H,1-2H3. The number of alkyl halides is 2. The molecule has 0 aromatic rings. The van der Waals surface area contributed by atoms with Crippen LogP contribution in [0.2, 0.25) is 0 Å². The molecule has 1 saturated heterocycles. The monoisotopic (exact) mass is 386 g/mol. The molecule has 0 spiro atoms. The number of epoxide rings is 1. The molecule has 0 radical (unpaired) electrons. The van der Waals surface area contributed by atoms with Gasteiger partial charge in [0.25, 0.3) is 0 Å². The second kappa shape index (κ2) is 4.20. The first-order chi connectivity index (χ1) is 10.2. The minimum absolute atomic E-state index is 0.0315. The summed E-state index contributed by atoms with van der Waals surface area (Å²) in [6.07, 6.45) is -1.59. The van der Waals surface area contributed by atoms with E-state index in [1.807, 2.05) is 0 Å². The van der Waals surface area contributed by atoms with Crippen LogP contribution < -0.4 is 0 Å². The molecule has 6 atom stereocenters. The van der Waals surface area contributed by atoms with Gasteiger partial charge >= 0.3 is 0 Å². The van der Waals surface area contributed by atoms with Crippen molar-refractivity contribution in [1.82, 2.24) is 0 Å². The minimum Gasteiger partial charge on any atom is -0.353 e. The Bertz CT molecular complexity index is 609. The summed E-state index contributed by atoms with van der Waals surface area (Å²) in [6.45, 7) is 0. The van der Waals surface area contributed by atoms with Crippen LogP contribution >= 0.6 is 46.4 Å². The fraction of sp³-hybridized carbons (Fsp3) is 0.692. The van der Waals surface area contributed by atoms with Crippen molar-refractivity contribution in [2.75, 3.05) is 14.2 Å². The smallest absolute Gasteiger partial charge is 0.218 e. The van der Waals surface area contributed by atoms with E-state index >= 15 is 0 Å². The number of ether oxygens (including phenoxy) is 3. The highest BCUT2D eigenvalue weighted by Crippen LogP contribution is 2.75. The van der Waals surface area contributed by atoms with Crippen LogP contribution in [0.15, 0.2) is 10.1 Å². The molecule has 22 heavy (non-hydrogen) atoms. The van der Waals surface area contributed by atoms with Gasteiger partial charge in [-0.1, -0.05) is 23.2 Å². The van der Waals surface area contributed by atoms with Crippen LogP contribution in [0, 0.1) is 11.8 Å². The highest BCUT2D eigenvalue weighted by molar-refractivity contribution is 6.53. The molecule has 2 bridgehead atoms. The Hall–Kier alpha value is 0.120. The minimum atomic E-state index is -1.73. The molecule has 9 heteroatoms. The fourth-order valence-electron chi connectivity index (χ4n) is 4.31. The second-order valence-electron chi connectivity index (χ2n) is 5.81. The van der Waals surface area contributed by atoms with Crippen molar-refractivity contribution in [2.24, 2.45) is 11.8 Å². The molecule has 0 aromatic heterocycles. The van der Waals surface area contributed by atoms with E-state index < -0.39 is 39.6 Å². The van der Waals surface area contributed by atoms with Crippen molar-refractivity contribution < 1.29 is 23.8 Å². The largest absolute Gasteiger partial charge is 0.353 e. The average Bonchev–Trinajstić information content (AvgIpc) is 3.25. The Morgan fingerprint density at radius 3 is 1.59 bits per heavy atom. The summed E-state index contributed by atoms with van der Waals surface area (Å²) >= 11 is 26.1. The van der Waals surface area contributed by atoms with E-state index in [0.717, 1.165) is 0 Å². The summed E-state index contributed by atoms with van der Waals surface area (Å²) in [5, 5.41) is -0.0629. The first-order valence-corrected chi connectivity index (χ1v) is 8.02. The fourth-order valence-corrected chi connectivity index (χ4v) is 6.50. The van der Waals surface area contributed by atoms with Crippen molar-refractivity contribution >= 4 is 58.0 Å². The summed E-state index contributed by atoms with van der Waals surface area (Å²) in [5.74, 6) is -4.41. The summed E-state index contributed by atoms with van der Waals surface area (Å²) < 4.78 is 16.1. The molecular weight excluding hydrogens is 378 g/mol. The molecule has 120 valence electrons. The lowest BCUT2D eigenvalue weighted by atomic mass is 9.71. The van der Waals surface area contributed by atoms with Crippen LogP contribution in [-0.4, -0.2) is 53.5 Å². The van der Waals surface area contributed by atoms with Gasteiger partial charge < -0.3 is 14.2 Å². The lowest BCUT2D eigenvalue weighted by Crippen LogP contribution is -2.58. The maximum atomic E-state index is 12.6. The lowest BCUT2D eigenvalue weighted by Gasteiger charge is -2.41. The SMILES string of the molecule is COC1(OC)C2(Cl)C(Cl)=C(Cl)C1(Cl)C1C(=O)C3OC3C(=O)C12. The maximum absolute atomic E-state index is 12.6. The summed E-state index contributed by atoms with van der Waals surface area (Å²) in [4.78, 5) is 21.9. The lowest BCUT2D eigenvalue weighted by molar-refractivity contribution is -0.220. The van der Waals surface area contributed by atoms with Gasteiger partial charge in [0.2, 0.25) is 5.79 Å². The number of carbonyl (C=O) groups is 2. The highest BCUT2D eigenvalue weighted by atomic mass is 35.5. The van der Waals surface area contributed by atoms with Crippen molar-refractivity contribution in [2.45, 2.75) is 27.7 Å². The number of hydrogen-bond donors (Lipinski definition) is 0. The van der Waals surface area contributed by atoms with Gasteiger partial charge in [0, 0.05) is 14.2 Å². The average molecular weight is 388 g/mol. The third kappa shape index (κ3) is 1.21. The Morgan fingerprint density at radius 2 is 1.27 bits per heavy atom. The zero-order chi connectivity index (χ0) is 16.2. The third-order valence-corrected chi connectivity index (χ3v) is 7.83. The molecule has 4 rings (SSSR count). The van der Waals surface area contributed by atoms with Crippen LogP contribution in [0.3, 0.4) is 0 Å². The van der Waals surface area contributed by atoms with Crippen LogP contribution in [-0.2, 0) is 23.8 Å². The van der Waals surface area contributed by atoms with Gasteiger partial charge in [-0.05, 0) is 0 Å². The molecule has 1 aliphatic heterocycles. The zero-order valence-corrected chi connectivity index (χ0v) is 14.4. The molecule has 5 nitrogen and oxygen atoms in total. The van der Waals surface area contributed by atoms with Gasteiger partial charge in [-0.25, -0.2) is 0 Å². The van der Waals surface area contributed by atoms with Crippen LogP contribution in [0.4, 0.5) is 0 Å². The van der Waals surface area contributed by atoms with E-state index in [1.54, 1.807) is 0 Å². The van der Waals surface area contributed by atoms with Crippen molar-refractivity contribution in [1.29, 1.82) is 0 Å². The Morgan fingerprint density at radius 1 is 0.909 bits per heavy atom. The van der Waals surface area contributed by atoms with E-state index in [4.69, 9.17) is 60.6 Å². The van der Waals surface area contributed by atoms with Gasteiger partial charge in [-0.2, -0.15) is 0 Å². The van der Waals surface area contributed by atoms with Crippen molar-refractivity contribution in [3.63, 3.8) is 0 Å². The molecular formula is C13H10Cl4O5. The molecule has 6 unspecified atom stereocenters. The Kier molecular flexibility index (Phi) is 2.98. The van der Waals surface area contributed by atoms with Gasteiger partial charge in [0.15, 0.2) is 23.8 Å². The predicted molar refractivity (Wildman–Crippen MR) is 78.3 cm³/mol. The van der Waals surface area contributed by atoms with Gasteiger partial charge in [-0.3, -0.25) is 9.59 Å². The number of carbonyl (C=O) groups excluding carboxylic acids is 2. The quantitative estimate of drug-likeness (QED) is 0.410. The van der Waals surface area contributed by atoms with Crippen molar-refractivity contribution in [3.8, 4) is 0 Å². The van der Waals surface area contributed by atoms with Crippen molar-refractivity contribution in [3.05, 3.63) is 10.1 Å². The van der Waals surface area contributed by atoms with E-state index in [-0.39, 0.29) is 21.6 Å². The van der Waals surface area contributed by atoms with E-state index in [0.29, 0.717) is 0 Å². The third-order valence-electron chi connectivity index (χ3n) is 5.22. The number of Topliss-reactive ketones (excluding diaryl/α,β-unsaturated/α-hetero) is 2. The molecule has 0 aromatic carbocycles. The molecule has 0 amide bonds. The summed E-state index contributed by atoms with van der Waals surface area (Å²) in [5.41, 5.74) is 0. The number of halogens is 4. The predicted octanol–water partition coefficient (Wildman–Crippen LogP) is 1.80. The molecule has 1 heterocycles. The molecule has 4 aliphatic rings. The molecule has 3 aliphatic carbocycles. The molecule has 2 saturated carbocycles. The van der Waals surface area contributed by atoms with Gasteiger partial charge in [0.05, 0.1) is 21.9 Å².